The number of pyridine rings is 1. The standard InChI is InChI=1S/C15H22N4O/c20-11-6-12-4-1-2-10-19(12)15-13(5-3-7-18-15)14-16-8-9-17-14/h3,5,7,12,20H,1-2,4,6,8-11H2,(H,16,17). The molecule has 1 saturated heterocycles. The van der Waals surface area contributed by atoms with Crippen LogP contribution in [0.25, 0.3) is 0 Å². The number of aliphatic hydroxyl groups is 1. The Morgan fingerprint density at radius 1 is 1.40 bits per heavy atom. The number of anilines is 1. The lowest BCUT2D eigenvalue weighted by atomic mass is 9.99. The third-order valence-corrected chi connectivity index (χ3v) is 4.08. The zero-order chi connectivity index (χ0) is 13.8. The van der Waals surface area contributed by atoms with Gasteiger partial charge in [-0.25, -0.2) is 4.98 Å². The minimum absolute atomic E-state index is 0.239. The van der Waals surface area contributed by atoms with Gasteiger partial charge in [-0.2, -0.15) is 0 Å². The normalized spacial score (nSPS) is 22.6. The number of nitrogens with zero attached hydrogens (tertiary/aromatic N) is 3. The van der Waals surface area contributed by atoms with E-state index in [1.165, 1.54) is 12.8 Å². The van der Waals surface area contributed by atoms with E-state index in [4.69, 9.17) is 0 Å². The summed E-state index contributed by atoms with van der Waals surface area (Å²) in [4.78, 5) is 11.5. The molecule has 1 fully saturated rings. The van der Waals surface area contributed by atoms with Crippen LogP contribution in [0.3, 0.4) is 0 Å². The van der Waals surface area contributed by atoms with Crippen molar-refractivity contribution in [2.75, 3.05) is 31.1 Å². The van der Waals surface area contributed by atoms with Crippen molar-refractivity contribution in [3.8, 4) is 0 Å². The molecule has 0 spiro atoms. The number of hydrogen-bond acceptors (Lipinski definition) is 5. The zero-order valence-electron chi connectivity index (χ0n) is 11.8. The van der Waals surface area contributed by atoms with E-state index in [0.29, 0.717) is 6.04 Å². The van der Waals surface area contributed by atoms with Crippen molar-refractivity contribution in [3.63, 3.8) is 0 Å². The lowest BCUT2D eigenvalue weighted by molar-refractivity contribution is 0.262. The Bertz CT molecular complexity index is 487. The maximum absolute atomic E-state index is 9.28. The molecule has 0 aliphatic carbocycles. The minimum Gasteiger partial charge on any atom is -0.396 e. The molecule has 1 aromatic heterocycles. The number of aliphatic imine (C=N–C) groups is 1. The Balaban J connectivity index is 1.91. The average molecular weight is 274 g/mol. The second-order valence-corrected chi connectivity index (χ2v) is 5.39. The predicted octanol–water partition coefficient (Wildman–Crippen LogP) is 1.17. The first-order valence-corrected chi connectivity index (χ1v) is 7.51. The summed E-state index contributed by atoms with van der Waals surface area (Å²) in [7, 11) is 0. The van der Waals surface area contributed by atoms with E-state index in [9.17, 15) is 5.11 Å². The second-order valence-electron chi connectivity index (χ2n) is 5.39. The van der Waals surface area contributed by atoms with E-state index in [1.54, 1.807) is 0 Å². The number of aliphatic hydroxyl groups excluding tert-OH is 1. The molecule has 2 N–H and O–H groups in total. The van der Waals surface area contributed by atoms with Gasteiger partial charge in [0, 0.05) is 31.9 Å². The van der Waals surface area contributed by atoms with Crippen molar-refractivity contribution in [2.24, 2.45) is 4.99 Å². The van der Waals surface area contributed by atoms with Crippen LogP contribution in [-0.4, -0.2) is 48.2 Å². The lowest BCUT2D eigenvalue weighted by Gasteiger charge is -2.37. The molecule has 2 aliphatic heterocycles. The van der Waals surface area contributed by atoms with E-state index in [-0.39, 0.29) is 6.61 Å². The summed E-state index contributed by atoms with van der Waals surface area (Å²) in [6, 6.07) is 4.44. The smallest absolute Gasteiger partial charge is 0.139 e. The Labute approximate surface area is 119 Å². The molecule has 1 unspecified atom stereocenters. The highest BCUT2D eigenvalue weighted by molar-refractivity contribution is 6.03. The molecule has 5 heteroatoms. The Morgan fingerprint density at radius 3 is 3.15 bits per heavy atom. The van der Waals surface area contributed by atoms with Crippen LogP contribution in [0.15, 0.2) is 23.3 Å². The first-order valence-electron chi connectivity index (χ1n) is 7.51. The fraction of sp³-hybridized carbons (Fsp3) is 0.600. The van der Waals surface area contributed by atoms with Crippen LogP contribution in [-0.2, 0) is 0 Å². The first kappa shape index (κ1) is 13.4. The molecule has 2 aliphatic rings. The van der Waals surface area contributed by atoms with Gasteiger partial charge < -0.3 is 15.3 Å². The van der Waals surface area contributed by atoms with E-state index in [1.807, 2.05) is 12.3 Å². The van der Waals surface area contributed by atoms with E-state index >= 15 is 0 Å². The second kappa shape index (κ2) is 6.22. The SMILES string of the molecule is OCCC1CCCCN1c1ncccc1C1=NCCN1. The van der Waals surface area contributed by atoms with Crippen molar-refractivity contribution in [1.82, 2.24) is 10.3 Å². The number of piperidine rings is 1. The molecule has 1 aromatic rings. The van der Waals surface area contributed by atoms with Gasteiger partial charge >= 0.3 is 0 Å². The molecule has 0 aromatic carbocycles. The van der Waals surface area contributed by atoms with E-state index < -0.39 is 0 Å². The fourth-order valence-electron chi connectivity index (χ4n) is 3.12. The van der Waals surface area contributed by atoms with Crippen LogP contribution in [0.5, 0.6) is 0 Å². The van der Waals surface area contributed by atoms with Gasteiger partial charge in [0.2, 0.25) is 0 Å². The van der Waals surface area contributed by atoms with E-state index in [2.05, 4.69) is 26.3 Å². The summed E-state index contributed by atoms with van der Waals surface area (Å²) in [6.07, 6.45) is 6.23. The molecular formula is C15H22N4O. The maximum atomic E-state index is 9.28. The number of aromatic nitrogens is 1. The van der Waals surface area contributed by atoms with E-state index in [0.717, 1.165) is 49.7 Å². The molecule has 3 rings (SSSR count). The Hall–Kier alpha value is -1.62. The third kappa shape index (κ3) is 2.63. The van der Waals surface area contributed by atoms with Crippen molar-refractivity contribution < 1.29 is 5.11 Å². The third-order valence-electron chi connectivity index (χ3n) is 4.08. The highest BCUT2D eigenvalue weighted by Crippen LogP contribution is 2.28. The molecule has 5 nitrogen and oxygen atoms in total. The fourth-order valence-corrected chi connectivity index (χ4v) is 3.12. The van der Waals surface area contributed by atoms with Gasteiger partial charge in [0.05, 0.1) is 12.1 Å². The number of amidine groups is 1. The molecule has 3 heterocycles. The van der Waals surface area contributed by atoms with Gasteiger partial charge in [0.1, 0.15) is 11.7 Å². The van der Waals surface area contributed by atoms with Gasteiger partial charge in [-0.05, 0) is 37.8 Å². The molecule has 108 valence electrons. The van der Waals surface area contributed by atoms with Crippen molar-refractivity contribution >= 4 is 11.7 Å². The molecule has 0 bridgehead atoms. The van der Waals surface area contributed by atoms with Gasteiger partial charge in [-0.15, -0.1) is 0 Å². The van der Waals surface area contributed by atoms with Crippen LogP contribution in [0, 0.1) is 0 Å². The molecule has 0 radical (unpaired) electrons. The maximum Gasteiger partial charge on any atom is 0.139 e. The van der Waals surface area contributed by atoms with Gasteiger partial charge in [0.25, 0.3) is 0 Å². The molecular weight excluding hydrogens is 252 g/mol. The van der Waals surface area contributed by atoms with Crippen molar-refractivity contribution in [3.05, 3.63) is 23.9 Å². The predicted molar refractivity (Wildman–Crippen MR) is 80.3 cm³/mol. The average Bonchev–Trinajstić information content (AvgIpc) is 3.02. The summed E-state index contributed by atoms with van der Waals surface area (Å²) in [5.41, 5.74) is 1.09. The Kier molecular flexibility index (Phi) is 4.16. The topological polar surface area (TPSA) is 60.8 Å². The highest BCUT2D eigenvalue weighted by Gasteiger charge is 2.26. The number of hydrogen-bond donors (Lipinski definition) is 2. The summed E-state index contributed by atoms with van der Waals surface area (Å²) >= 11 is 0. The quantitative estimate of drug-likeness (QED) is 0.865. The highest BCUT2D eigenvalue weighted by atomic mass is 16.3. The zero-order valence-corrected chi connectivity index (χ0v) is 11.8. The van der Waals surface area contributed by atoms with Gasteiger partial charge in [0.15, 0.2) is 0 Å². The summed E-state index contributed by atoms with van der Waals surface area (Å²) < 4.78 is 0. The van der Waals surface area contributed by atoms with Gasteiger partial charge in [-0.1, -0.05) is 0 Å². The summed E-state index contributed by atoms with van der Waals surface area (Å²) in [6.45, 7) is 3.00. The Morgan fingerprint density at radius 2 is 2.35 bits per heavy atom. The van der Waals surface area contributed by atoms with Crippen LogP contribution in [0.1, 0.15) is 31.2 Å². The van der Waals surface area contributed by atoms with Crippen LogP contribution >= 0.6 is 0 Å². The largest absolute Gasteiger partial charge is 0.396 e. The first-order chi connectivity index (χ1) is 9.90. The van der Waals surface area contributed by atoms with Crippen LogP contribution in [0.2, 0.25) is 0 Å². The number of rotatable bonds is 4. The van der Waals surface area contributed by atoms with Crippen molar-refractivity contribution in [2.45, 2.75) is 31.7 Å². The molecule has 20 heavy (non-hydrogen) atoms. The van der Waals surface area contributed by atoms with Crippen molar-refractivity contribution in [1.29, 1.82) is 0 Å². The number of nitrogens with one attached hydrogen (secondary N) is 1. The lowest BCUT2D eigenvalue weighted by Crippen LogP contribution is -2.42. The molecule has 0 saturated carbocycles. The monoisotopic (exact) mass is 274 g/mol. The summed E-state index contributed by atoms with van der Waals surface area (Å²) in [5.74, 6) is 1.97. The summed E-state index contributed by atoms with van der Waals surface area (Å²) in [5, 5.41) is 12.6. The van der Waals surface area contributed by atoms with Gasteiger partial charge in [-0.3, -0.25) is 4.99 Å². The molecule has 0 amide bonds. The van der Waals surface area contributed by atoms with Crippen LogP contribution < -0.4 is 10.2 Å². The molecule has 1 atom stereocenters. The minimum atomic E-state index is 0.239. The van der Waals surface area contributed by atoms with Crippen LogP contribution in [0.4, 0.5) is 5.82 Å².